The quantitative estimate of drug-likeness (QED) is 0.825. The summed E-state index contributed by atoms with van der Waals surface area (Å²) in [6, 6.07) is 6.98. The third-order valence-corrected chi connectivity index (χ3v) is 3.56. The van der Waals surface area contributed by atoms with Crippen LogP contribution in [0, 0.1) is 11.7 Å². The molecular formula is C14H20FNO. The fourth-order valence-electron chi connectivity index (χ4n) is 2.77. The third kappa shape index (κ3) is 3.27. The number of halogens is 1. The van der Waals surface area contributed by atoms with E-state index >= 15 is 0 Å². The van der Waals surface area contributed by atoms with Gasteiger partial charge in [-0.2, -0.15) is 0 Å². The predicted molar refractivity (Wildman–Crippen MR) is 66.2 cm³/mol. The summed E-state index contributed by atoms with van der Waals surface area (Å²) in [5.41, 5.74) is 1.00. The van der Waals surface area contributed by atoms with Crippen molar-refractivity contribution in [3.63, 3.8) is 0 Å². The van der Waals surface area contributed by atoms with E-state index in [1.807, 2.05) is 6.07 Å². The first kappa shape index (κ1) is 12.5. The Morgan fingerprint density at radius 3 is 2.76 bits per heavy atom. The third-order valence-electron chi connectivity index (χ3n) is 3.56. The van der Waals surface area contributed by atoms with Crippen molar-refractivity contribution in [2.24, 2.45) is 5.92 Å². The summed E-state index contributed by atoms with van der Waals surface area (Å²) in [6.07, 6.45) is 4.91. The van der Waals surface area contributed by atoms with E-state index in [1.165, 1.54) is 31.7 Å². The van der Waals surface area contributed by atoms with E-state index in [-0.39, 0.29) is 18.5 Å². The monoisotopic (exact) mass is 237 g/mol. The minimum Gasteiger partial charge on any atom is -0.395 e. The van der Waals surface area contributed by atoms with Gasteiger partial charge < -0.3 is 10.4 Å². The predicted octanol–water partition coefficient (Wildman–Crippen LogP) is 2.64. The average Bonchev–Trinajstić information content (AvgIpc) is 2.83. The summed E-state index contributed by atoms with van der Waals surface area (Å²) in [5.74, 6) is 0.389. The lowest BCUT2D eigenvalue weighted by Gasteiger charge is -2.25. The van der Waals surface area contributed by atoms with Crippen molar-refractivity contribution in [3.8, 4) is 0 Å². The molecule has 3 heteroatoms. The second-order valence-corrected chi connectivity index (χ2v) is 4.75. The van der Waals surface area contributed by atoms with Crippen LogP contribution in [0.2, 0.25) is 0 Å². The highest BCUT2D eigenvalue weighted by Crippen LogP contribution is 2.35. The van der Waals surface area contributed by atoms with Crippen LogP contribution in [0.5, 0.6) is 0 Å². The van der Waals surface area contributed by atoms with Crippen LogP contribution in [0.4, 0.5) is 4.39 Å². The van der Waals surface area contributed by atoms with E-state index in [0.29, 0.717) is 12.5 Å². The molecule has 2 N–H and O–H groups in total. The van der Waals surface area contributed by atoms with Gasteiger partial charge in [0.1, 0.15) is 5.82 Å². The second kappa shape index (κ2) is 6.12. The number of hydrogen-bond acceptors (Lipinski definition) is 2. The van der Waals surface area contributed by atoms with E-state index in [0.717, 1.165) is 5.56 Å². The van der Waals surface area contributed by atoms with Crippen LogP contribution in [-0.2, 0) is 0 Å². The largest absolute Gasteiger partial charge is 0.395 e. The van der Waals surface area contributed by atoms with Crippen molar-refractivity contribution >= 4 is 0 Å². The summed E-state index contributed by atoms with van der Waals surface area (Å²) in [7, 11) is 0. The molecule has 1 aromatic rings. The molecule has 0 heterocycles. The summed E-state index contributed by atoms with van der Waals surface area (Å²) >= 11 is 0. The number of nitrogens with one attached hydrogen (secondary N) is 1. The highest BCUT2D eigenvalue weighted by Gasteiger charge is 2.25. The smallest absolute Gasteiger partial charge is 0.123 e. The van der Waals surface area contributed by atoms with Gasteiger partial charge in [-0.3, -0.25) is 0 Å². The SMILES string of the molecule is OCCNC(c1cccc(F)c1)C1CCCC1. The van der Waals surface area contributed by atoms with E-state index in [2.05, 4.69) is 5.32 Å². The van der Waals surface area contributed by atoms with Crippen LogP contribution >= 0.6 is 0 Å². The molecular weight excluding hydrogens is 217 g/mol. The van der Waals surface area contributed by atoms with Gasteiger partial charge in [0.2, 0.25) is 0 Å². The van der Waals surface area contributed by atoms with Crippen LogP contribution in [0.3, 0.4) is 0 Å². The zero-order valence-corrected chi connectivity index (χ0v) is 10.0. The molecule has 0 amide bonds. The van der Waals surface area contributed by atoms with Crippen LogP contribution in [0.25, 0.3) is 0 Å². The van der Waals surface area contributed by atoms with Gasteiger partial charge in [-0.1, -0.05) is 25.0 Å². The lowest BCUT2D eigenvalue weighted by Crippen LogP contribution is -2.29. The first-order valence-corrected chi connectivity index (χ1v) is 6.41. The molecule has 1 saturated carbocycles. The standard InChI is InChI=1S/C14H20FNO/c15-13-7-3-6-12(10-13)14(16-8-9-17)11-4-1-2-5-11/h3,6-7,10-11,14,16-17H,1-2,4-5,8-9H2. The van der Waals surface area contributed by atoms with Crippen molar-refractivity contribution in [2.75, 3.05) is 13.2 Å². The summed E-state index contributed by atoms with van der Waals surface area (Å²) in [5, 5.41) is 12.3. The Morgan fingerprint density at radius 1 is 1.35 bits per heavy atom. The van der Waals surface area contributed by atoms with E-state index in [9.17, 15) is 4.39 Å². The Morgan fingerprint density at radius 2 is 2.12 bits per heavy atom. The number of hydrogen-bond donors (Lipinski definition) is 2. The molecule has 1 aliphatic carbocycles. The van der Waals surface area contributed by atoms with Crippen LogP contribution in [0.1, 0.15) is 37.3 Å². The Hall–Kier alpha value is -0.930. The lowest BCUT2D eigenvalue weighted by molar-refractivity contribution is 0.268. The average molecular weight is 237 g/mol. The van der Waals surface area contributed by atoms with Crippen LogP contribution < -0.4 is 5.32 Å². The molecule has 2 rings (SSSR count). The van der Waals surface area contributed by atoms with Gasteiger partial charge in [-0.25, -0.2) is 4.39 Å². The van der Waals surface area contributed by atoms with Crippen LogP contribution in [0.15, 0.2) is 24.3 Å². The van der Waals surface area contributed by atoms with Gasteiger partial charge in [0.15, 0.2) is 0 Å². The molecule has 1 aromatic carbocycles. The summed E-state index contributed by atoms with van der Waals surface area (Å²) in [6.45, 7) is 0.691. The maximum absolute atomic E-state index is 13.3. The number of aliphatic hydroxyl groups excluding tert-OH is 1. The van der Waals surface area contributed by atoms with Gasteiger partial charge in [-0.05, 0) is 36.5 Å². The van der Waals surface area contributed by atoms with Crippen molar-refractivity contribution < 1.29 is 9.50 Å². The Balaban J connectivity index is 2.13. The molecule has 1 aliphatic rings. The Kier molecular flexibility index (Phi) is 4.51. The van der Waals surface area contributed by atoms with Crippen molar-refractivity contribution in [1.82, 2.24) is 5.32 Å². The first-order chi connectivity index (χ1) is 8.31. The molecule has 17 heavy (non-hydrogen) atoms. The zero-order valence-electron chi connectivity index (χ0n) is 10.0. The molecule has 1 fully saturated rings. The number of aliphatic hydroxyl groups is 1. The van der Waals surface area contributed by atoms with Gasteiger partial charge in [-0.15, -0.1) is 0 Å². The summed E-state index contributed by atoms with van der Waals surface area (Å²) < 4.78 is 13.3. The lowest BCUT2D eigenvalue weighted by atomic mass is 9.91. The van der Waals surface area contributed by atoms with Crippen molar-refractivity contribution in [3.05, 3.63) is 35.6 Å². The second-order valence-electron chi connectivity index (χ2n) is 4.75. The molecule has 0 saturated heterocycles. The Labute approximate surface area is 102 Å². The summed E-state index contributed by atoms with van der Waals surface area (Å²) in [4.78, 5) is 0. The topological polar surface area (TPSA) is 32.3 Å². The van der Waals surface area contributed by atoms with Gasteiger partial charge in [0.05, 0.1) is 6.61 Å². The molecule has 0 aromatic heterocycles. The molecule has 0 radical (unpaired) electrons. The van der Waals surface area contributed by atoms with E-state index in [4.69, 9.17) is 5.11 Å². The van der Waals surface area contributed by atoms with Crippen LogP contribution in [-0.4, -0.2) is 18.3 Å². The fourth-order valence-corrected chi connectivity index (χ4v) is 2.77. The van der Waals surface area contributed by atoms with E-state index in [1.54, 1.807) is 12.1 Å². The maximum atomic E-state index is 13.3. The molecule has 0 aliphatic heterocycles. The zero-order chi connectivity index (χ0) is 12.1. The molecule has 1 atom stereocenters. The Bertz CT molecular complexity index is 350. The van der Waals surface area contributed by atoms with Crippen molar-refractivity contribution in [2.45, 2.75) is 31.7 Å². The number of benzene rings is 1. The highest BCUT2D eigenvalue weighted by atomic mass is 19.1. The first-order valence-electron chi connectivity index (χ1n) is 6.41. The fraction of sp³-hybridized carbons (Fsp3) is 0.571. The minimum absolute atomic E-state index is 0.124. The molecule has 94 valence electrons. The minimum atomic E-state index is -0.184. The maximum Gasteiger partial charge on any atom is 0.123 e. The van der Waals surface area contributed by atoms with Gasteiger partial charge in [0, 0.05) is 12.6 Å². The van der Waals surface area contributed by atoms with Crippen molar-refractivity contribution in [1.29, 1.82) is 0 Å². The van der Waals surface area contributed by atoms with Gasteiger partial charge >= 0.3 is 0 Å². The molecule has 0 spiro atoms. The van der Waals surface area contributed by atoms with Gasteiger partial charge in [0.25, 0.3) is 0 Å². The van der Waals surface area contributed by atoms with E-state index < -0.39 is 0 Å². The molecule has 0 bridgehead atoms. The molecule has 2 nitrogen and oxygen atoms in total. The highest BCUT2D eigenvalue weighted by molar-refractivity contribution is 5.21. The number of rotatable bonds is 5. The molecule has 1 unspecified atom stereocenters. The normalized spacial score (nSPS) is 18.5.